The predicted molar refractivity (Wildman–Crippen MR) is 101 cm³/mol. The molecule has 134 valence electrons. The second kappa shape index (κ2) is 8.85. The monoisotopic (exact) mass is 349 g/mol. The number of rotatable bonds is 8. The van der Waals surface area contributed by atoms with Gasteiger partial charge in [0.2, 0.25) is 5.91 Å². The molecule has 3 rings (SSSR count). The third kappa shape index (κ3) is 4.72. The van der Waals surface area contributed by atoms with E-state index in [9.17, 15) is 4.79 Å². The Morgan fingerprint density at radius 2 is 1.81 bits per heavy atom. The molecule has 0 aliphatic heterocycles. The van der Waals surface area contributed by atoms with Crippen molar-refractivity contribution in [3.05, 3.63) is 84.2 Å². The molecule has 1 N–H and O–H groups in total. The standard InChI is InChI=1S/C21H23N3O2/c1-26-19-12-10-18(11-13-19)21(17-7-3-2-4-8-17)23-20(25)9-5-15-24-16-6-14-22-24/h2-4,6-8,10-14,16,21H,5,9,15H2,1H3,(H,23,25). The van der Waals surface area contributed by atoms with Gasteiger partial charge in [-0.2, -0.15) is 5.10 Å². The fourth-order valence-electron chi connectivity index (χ4n) is 2.87. The van der Waals surface area contributed by atoms with E-state index in [4.69, 9.17) is 4.74 Å². The summed E-state index contributed by atoms with van der Waals surface area (Å²) in [6.45, 7) is 0.735. The molecule has 0 saturated carbocycles. The van der Waals surface area contributed by atoms with Crippen LogP contribution in [0.5, 0.6) is 5.75 Å². The van der Waals surface area contributed by atoms with Crippen molar-refractivity contribution < 1.29 is 9.53 Å². The van der Waals surface area contributed by atoms with Gasteiger partial charge < -0.3 is 10.1 Å². The van der Waals surface area contributed by atoms with Gasteiger partial charge in [0.1, 0.15) is 5.75 Å². The lowest BCUT2D eigenvalue weighted by molar-refractivity contribution is -0.121. The first-order valence-corrected chi connectivity index (χ1v) is 8.72. The predicted octanol–water partition coefficient (Wildman–Crippen LogP) is 3.58. The Balaban J connectivity index is 1.67. The van der Waals surface area contributed by atoms with Gasteiger partial charge in [0.05, 0.1) is 13.2 Å². The van der Waals surface area contributed by atoms with E-state index in [0.29, 0.717) is 6.42 Å². The molecule has 0 bridgehead atoms. The quantitative estimate of drug-likeness (QED) is 0.676. The number of nitrogens with zero attached hydrogens (tertiary/aromatic N) is 2. The minimum absolute atomic E-state index is 0.0295. The van der Waals surface area contributed by atoms with Gasteiger partial charge in [0.15, 0.2) is 0 Å². The van der Waals surface area contributed by atoms with Crippen LogP contribution >= 0.6 is 0 Å². The maximum absolute atomic E-state index is 12.5. The number of benzene rings is 2. The van der Waals surface area contributed by atoms with Crippen LogP contribution in [0.2, 0.25) is 0 Å². The Morgan fingerprint density at radius 1 is 1.08 bits per heavy atom. The summed E-state index contributed by atoms with van der Waals surface area (Å²) >= 11 is 0. The molecule has 1 unspecified atom stereocenters. The summed E-state index contributed by atoms with van der Waals surface area (Å²) in [5.74, 6) is 0.827. The summed E-state index contributed by atoms with van der Waals surface area (Å²) in [7, 11) is 1.64. The Hall–Kier alpha value is -3.08. The number of hydrogen-bond donors (Lipinski definition) is 1. The summed E-state index contributed by atoms with van der Waals surface area (Å²) in [5.41, 5.74) is 2.08. The molecule has 0 aliphatic carbocycles. The molecule has 1 aromatic heterocycles. The van der Waals surface area contributed by atoms with E-state index in [1.165, 1.54) is 0 Å². The summed E-state index contributed by atoms with van der Waals surface area (Å²) in [5, 5.41) is 7.32. The van der Waals surface area contributed by atoms with Crippen molar-refractivity contribution in [1.29, 1.82) is 0 Å². The van der Waals surface area contributed by atoms with Gasteiger partial charge in [-0.25, -0.2) is 0 Å². The van der Waals surface area contributed by atoms with Gasteiger partial charge in [-0.05, 0) is 35.7 Å². The Kier molecular flexibility index (Phi) is 6.04. The average Bonchev–Trinajstić information content (AvgIpc) is 3.20. The molecule has 26 heavy (non-hydrogen) atoms. The SMILES string of the molecule is COc1ccc(C(NC(=O)CCCn2cccn2)c2ccccc2)cc1. The van der Waals surface area contributed by atoms with E-state index in [0.717, 1.165) is 29.8 Å². The van der Waals surface area contributed by atoms with Crippen LogP contribution in [0.1, 0.15) is 30.0 Å². The Morgan fingerprint density at radius 3 is 2.46 bits per heavy atom. The van der Waals surface area contributed by atoms with Crippen LogP contribution in [0.15, 0.2) is 73.1 Å². The molecule has 5 heteroatoms. The van der Waals surface area contributed by atoms with E-state index in [1.54, 1.807) is 13.3 Å². The topological polar surface area (TPSA) is 56.1 Å². The van der Waals surface area contributed by atoms with Crippen LogP contribution in [-0.4, -0.2) is 22.8 Å². The van der Waals surface area contributed by atoms with Crippen LogP contribution in [-0.2, 0) is 11.3 Å². The van der Waals surface area contributed by atoms with Crippen LogP contribution in [0.25, 0.3) is 0 Å². The Labute approximate surface area is 153 Å². The highest BCUT2D eigenvalue weighted by Crippen LogP contribution is 2.24. The maximum atomic E-state index is 12.5. The molecule has 0 spiro atoms. The van der Waals surface area contributed by atoms with Crippen molar-refractivity contribution in [2.24, 2.45) is 0 Å². The van der Waals surface area contributed by atoms with Gasteiger partial charge in [0.25, 0.3) is 0 Å². The summed E-state index contributed by atoms with van der Waals surface area (Å²) in [6.07, 6.45) is 4.86. The van der Waals surface area contributed by atoms with Crippen molar-refractivity contribution in [3.8, 4) is 5.75 Å². The fraction of sp³-hybridized carbons (Fsp3) is 0.238. The zero-order chi connectivity index (χ0) is 18.2. The lowest BCUT2D eigenvalue weighted by Gasteiger charge is -2.20. The van der Waals surface area contributed by atoms with Gasteiger partial charge >= 0.3 is 0 Å². The smallest absolute Gasteiger partial charge is 0.220 e. The number of hydrogen-bond acceptors (Lipinski definition) is 3. The first kappa shape index (κ1) is 17.7. The van der Waals surface area contributed by atoms with Gasteiger partial charge in [-0.15, -0.1) is 0 Å². The second-order valence-corrected chi connectivity index (χ2v) is 6.06. The highest BCUT2D eigenvalue weighted by atomic mass is 16.5. The molecule has 1 heterocycles. The number of amides is 1. The first-order chi connectivity index (χ1) is 12.8. The van der Waals surface area contributed by atoms with Crippen LogP contribution in [0.4, 0.5) is 0 Å². The second-order valence-electron chi connectivity index (χ2n) is 6.06. The van der Waals surface area contributed by atoms with E-state index in [1.807, 2.05) is 71.5 Å². The summed E-state index contributed by atoms with van der Waals surface area (Å²) < 4.78 is 7.07. The van der Waals surface area contributed by atoms with Crippen molar-refractivity contribution >= 4 is 5.91 Å². The van der Waals surface area contributed by atoms with E-state index in [2.05, 4.69) is 10.4 Å². The lowest BCUT2D eigenvalue weighted by atomic mass is 9.98. The van der Waals surface area contributed by atoms with Crippen LogP contribution in [0.3, 0.4) is 0 Å². The highest BCUT2D eigenvalue weighted by molar-refractivity contribution is 5.77. The molecule has 0 aliphatic rings. The van der Waals surface area contributed by atoms with E-state index < -0.39 is 0 Å². The fourth-order valence-corrected chi connectivity index (χ4v) is 2.87. The number of ether oxygens (including phenoxy) is 1. The Bertz CT molecular complexity index is 799. The number of carbonyl (C=O) groups is 1. The number of aromatic nitrogens is 2. The number of nitrogens with one attached hydrogen (secondary N) is 1. The van der Waals surface area contributed by atoms with Gasteiger partial charge in [-0.1, -0.05) is 42.5 Å². The van der Waals surface area contributed by atoms with Gasteiger partial charge in [0, 0.05) is 25.4 Å². The largest absolute Gasteiger partial charge is 0.497 e. The molecular formula is C21H23N3O2. The minimum atomic E-state index is -0.181. The molecule has 0 saturated heterocycles. The van der Waals surface area contributed by atoms with Crippen molar-refractivity contribution in [3.63, 3.8) is 0 Å². The summed E-state index contributed by atoms with van der Waals surface area (Å²) in [4.78, 5) is 12.5. The number of carbonyl (C=O) groups excluding carboxylic acids is 1. The molecule has 5 nitrogen and oxygen atoms in total. The zero-order valence-electron chi connectivity index (χ0n) is 14.8. The minimum Gasteiger partial charge on any atom is -0.497 e. The first-order valence-electron chi connectivity index (χ1n) is 8.72. The van der Waals surface area contributed by atoms with Gasteiger partial charge in [-0.3, -0.25) is 9.48 Å². The zero-order valence-corrected chi connectivity index (χ0v) is 14.8. The van der Waals surface area contributed by atoms with Crippen molar-refractivity contribution in [1.82, 2.24) is 15.1 Å². The number of methoxy groups -OCH3 is 1. The van der Waals surface area contributed by atoms with Crippen LogP contribution < -0.4 is 10.1 Å². The number of aryl methyl sites for hydroxylation is 1. The molecule has 2 aromatic carbocycles. The van der Waals surface area contributed by atoms with Crippen molar-refractivity contribution in [2.45, 2.75) is 25.4 Å². The maximum Gasteiger partial charge on any atom is 0.220 e. The van der Waals surface area contributed by atoms with Crippen LogP contribution in [0, 0.1) is 0 Å². The molecule has 3 aromatic rings. The van der Waals surface area contributed by atoms with E-state index in [-0.39, 0.29) is 11.9 Å². The average molecular weight is 349 g/mol. The highest BCUT2D eigenvalue weighted by Gasteiger charge is 2.16. The molecule has 1 atom stereocenters. The van der Waals surface area contributed by atoms with E-state index >= 15 is 0 Å². The van der Waals surface area contributed by atoms with Crippen molar-refractivity contribution in [2.75, 3.05) is 7.11 Å². The molecular weight excluding hydrogens is 326 g/mol. The molecule has 0 radical (unpaired) electrons. The third-order valence-corrected chi connectivity index (χ3v) is 4.24. The normalized spacial score (nSPS) is 11.7. The lowest BCUT2D eigenvalue weighted by Crippen LogP contribution is -2.29. The summed E-state index contributed by atoms with van der Waals surface area (Å²) in [6, 6.07) is 19.5. The molecule has 1 amide bonds. The third-order valence-electron chi connectivity index (χ3n) is 4.24. The molecule has 0 fully saturated rings.